The Hall–Kier alpha value is -2.98. The van der Waals surface area contributed by atoms with Gasteiger partial charge in [0.15, 0.2) is 10.9 Å². The number of thiazole rings is 1. The first-order chi connectivity index (χ1) is 13.8. The van der Waals surface area contributed by atoms with E-state index < -0.39 is 0 Å². The molecule has 0 aliphatic carbocycles. The van der Waals surface area contributed by atoms with Crippen molar-refractivity contribution in [3.63, 3.8) is 0 Å². The van der Waals surface area contributed by atoms with Crippen LogP contribution in [0.4, 0.5) is 5.13 Å². The van der Waals surface area contributed by atoms with Crippen LogP contribution in [0.1, 0.15) is 27.2 Å². The van der Waals surface area contributed by atoms with Gasteiger partial charge in [-0.05, 0) is 31.2 Å². The molecule has 2 N–H and O–H groups in total. The van der Waals surface area contributed by atoms with Gasteiger partial charge in [0.1, 0.15) is 6.54 Å². The summed E-state index contributed by atoms with van der Waals surface area (Å²) < 4.78 is 5.06. The van der Waals surface area contributed by atoms with E-state index in [1.807, 2.05) is 19.1 Å². The maximum atomic E-state index is 12.3. The van der Waals surface area contributed by atoms with E-state index in [-0.39, 0.29) is 30.0 Å². The fraction of sp³-hybridized carbons (Fsp3) is 0.263. The minimum absolute atomic E-state index is 0.0784. The largest absolute Gasteiger partial charge is 0.459 e. The van der Waals surface area contributed by atoms with E-state index in [0.29, 0.717) is 11.7 Å². The van der Waals surface area contributed by atoms with Gasteiger partial charge in [-0.25, -0.2) is 4.98 Å². The molecule has 0 fully saturated rings. The topological polar surface area (TPSA) is 105 Å². The van der Waals surface area contributed by atoms with E-state index >= 15 is 0 Å². The van der Waals surface area contributed by atoms with Crippen LogP contribution in [0.2, 0.25) is 0 Å². The van der Waals surface area contributed by atoms with Crippen LogP contribution in [0, 0.1) is 6.92 Å². The second-order valence-electron chi connectivity index (χ2n) is 6.29. The molecule has 29 heavy (non-hydrogen) atoms. The number of thiophene rings is 1. The van der Waals surface area contributed by atoms with Gasteiger partial charge in [0, 0.05) is 23.7 Å². The number of aryl methyl sites for hydroxylation is 1. The van der Waals surface area contributed by atoms with Gasteiger partial charge in [-0.3, -0.25) is 14.4 Å². The predicted molar refractivity (Wildman–Crippen MR) is 112 cm³/mol. The quantitative estimate of drug-likeness (QED) is 0.597. The summed E-state index contributed by atoms with van der Waals surface area (Å²) in [6.07, 6.45) is 1.41. The molecule has 3 amide bonds. The molecule has 3 aromatic rings. The number of carbonyl (C=O) groups excluding carboxylic acids is 3. The number of hydrogen-bond donors (Lipinski definition) is 2. The average molecular weight is 433 g/mol. The first-order valence-electron chi connectivity index (χ1n) is 8.73. The summed E-state index contributed by atoms with van der Waals surface area (Å²) in [5.41, 5.74) is 0.796. The van der Waals surface area contributed by atoms with Crippen molar-refractivity contribution in [1.82, 2.24) is 15.2 Å². The third-order valence-electron chi connectivity index (χ3n) is 3.91. The van der Waals surface area contributed by atoms with Crippen LogP contribution in [-0.4, -0.2) is 41.2 Å². The van der Waals surface area contributed by atoms with Crippen LogP contribution in [0.25, 0.3) is 10.6 Å². The van der Waals surface area contributed by atoms with Gasteiger partial charge in [0.05, 0.1) is 23.4 Å². The monoisotopic (exact) mass is 432 g/mol. The molecule has 152 valence electrons. The molecular formula is C19H20N4O4S2. The minimum atomic E-state index is -0.369. The number of furan rings is 1. The molecule has 3 heterocycles. The highest BCUT2D eigenvalue weighted by molar-refractivity contribution is 7.18. The molecule has 0 atom stereocenters. The third-order valence-corrected chi connectivity index (χ3v) is 5.89. The van der Waals surface area contributed by atoms with Crippen molar-refractivity contribution in [2.45, 2.75) is 20.4 Å². The summed E-state index contributed by atoms with van der Waals surface area (Å²) in [6.45, 7) is 3.77. The predicted octanol–water partition coefficient (Wildman–Crippen LogP) is 3.12. The lowest BCUT2D eigenvalue weighted by atomic mass is 10.3. The summed E-state index contributed by atoms with van der Waals surface area (Å²) in [7, 11) is 1.53. The number of rotatable bonds is 7. The molecule has 0 aliphatic rings. The van der Waals surface area contributed by atoms with Gasteiger partial charge in [-0.1, -0.05) is 0 Å². The summed E-state index contributed by atoms with van der Waals surface area (Å²) in [4.78, 5) is 44.2. The Kier molecular flexibility index (Phi) is 6.45. The molecule has 0 bridgehead atoms. The van der Waals surface area contributed by atoms with E-state index in [9.17, 15) is 14.4 Å². The zero-order chi connectivity index (χ0) is 21.0. The lowest BCUT2D eigenvalue weighted by Gasteiger charge is -2.14. The van der Waals surface area contributed by atoms with E-state index in [4.69, 9.17) is 4.42 Å². The smallest absolute Gasteiger partial charge is 0.289 e. The molecule has 0 saturated carbocycles. The third kappa shape index (κ3) is 5.30. The molecule has 3 rings (SSSR count). The van der Waals surface area contributed by atoms with Gasteiger partial charge in [0.25, 0.3) is 5.91 Å². The van der Waals surface area contributed by atoms with Crippen LogP contribution in [0.5, 0.6) is 0 Å². The van der Waals surface area contributed by atoms with Gasteiger partial charge in [-0.15, -0.1) is 22.7 Å². The zero-order valence-electron chi connectivity index (χ0n) is 16.1. The number of hydrogen-bond acceptors (Lipinski definition) is 7. The number of likely N-dealkylation sites (N-methyl/N-ethyl adjacent to an activating group) is 1. The fourth-order valence-electron chi connectivity index (χ4n) is 2.52. The number of aromatic nitrogens is 1. The lowest BCUT2D eigenvalue weighted by Crippen LogP contribution is -2.34. The second-order valence-corrected chi connectivity index (χ2v) is 8.66. The van der Waals surface area contributed by atoms with Crippen LogP contribution >= 0.6 is 22.7 Å². The molecule has 0 saturated heterocycles. The van der Waals surface area contributed by atoms with Gasteiger partial charge >= 0.3 is 0 Å². The Morgan fingerprint density at radius 2 is 2.00 bits per heavy atom. The first-order valence-corrected chi connectivity index (χ1v) is 10.4. The Bertz CT molecular complexity index is 1020. The summed E-state index contributed by atoms with van der Waals surface area (Å²) in [5.74, 6) is -0.609. The standard InChI is InChI=1S/C19H20N4O4S2/c1-11-17(15-7-6-13(29-15)9-20-12(2)24)22-19(28-11)21-16(25)10-23(3)18(26)14-5-4-8-27-14/h4-8H,9-10H2,1-3H3,(H,20,24)(H,21,22,25). The molecule has 8 nitrogen and oxygen atoms in total. The zero-order valence-corrected chi connectivity index (χ0v) is 17.8. The van der Waals surface area contributed by atoms with Gasteiger partial charge in [-0.2, -0.15) is 0 Å². The maximum Gasteiger partial charge on any atom is 0.289 e. The summed E-state index contributed by atoms with van der Waals surface area (Å²) >= 11 is 2.91. The van der Waals surface area contributed by atoms with E-state index in [1.165, 1.54) is 36.5 Å². The normalized spacial score (nSPS) is 10.6. The lowest BCUT2D eigenvalue weighted by molar-refractivity contribution is -0.119. The average Bonchev–Trinajstić information content (AvgIpc) is 3.40. The van der Waals surface area contributed by atoms with Gasteiger partial charge in [0.2, 0.25) is 11.8 Å². The van der Waals surface area contributed by atoms with Crippen molar-refractivity contribution < 1.29 is 18.8 Å². The Labute approximate surface area is 175 Å². The minimum Gasteiger partial charge on any atom is -0.459 e. The molecule has 0 aromatic carbocycles. The molecular weight excluding hydrogens is 412 g/mol. The number of carbonyl (C=O) groups is 3. The number of nitrogens with one attached hydrogen (secondary N) is 2. The molecule has 10 heteroatoms. The van der Waals surface area contributed by atoms with E-state index in [2.05, 4.69) is 15.6 Å². The van der Waals surface area contributed by atoms with Crippen LogP contribution in [-0.2, 0) is 16.1 Å². The van der Waals surface area contributed by atoms with Crippen molar-refractivity contribution in [3.8, 4) is 10.6 Å². The molecule has 0 unspecified atom stereocenters. The van der Waals surface area contributed by atoms with Crippen molar-refractivity contribution in [2.75, 3.05) is 18.9 Å². The first kappa shape index (κ1) is 20.7. The van der Waals surface area contributed by atoms with E-state index in [0.717, 1.165) is 20.3 Å². The highest BCUT2D eigenvalue weighted by Crippen LogP contribution is 2.34. The number of anilines is 1. The molecule has 3 aromatic heterocycles. The maximum absolute atomic E-state index is 12.3. The van der Waals surface area contributed by atoms with Crippen molar-refractivity contribution in [2.24, 2.45) is 0 Å². The van der Waals surface area contributed by atoms with Crippen molar-refractivity contribution in [3.05, 3.63) is 46.0 Å². The Morgan fingerprint density at radius 1 is 1.21 bits per heavy atom. The van der Waals surface area contributed by atoms with Crippen molar-refractivity contribution in [1.29, 1.82) is 0 Å². The van der Waals surface area contributed by atoms with Crippen LogP contribution < -0.4 is 10.6 Å². The van der Waals surface area contributed by atoms with Crippen LogP contribution in [0.3, 0.4) is 0 Å². The molecule has 0 radical (unpaired) electrons. The highest BCUT2D eigenvalue weighted by Gasteiger charge is 2.19. The second kappa shape index (κ2) is 9.01. The molecule has 0 spiro atoms. The number of nitrogens with zero attached hydrogens (tertiary/aromatic N) is 2. The van der Waals surface area contributed by atoms with Gasteiger partial charge < -0.3 is 20.0 Å². The molecule has 0 aliphatic heterocycles. The highest BCUT2D eigenvalue weighted by atomic mass is 32.1. The summed E-state index contributed by atoms with van der Waals surface area (Å²) in [5, 5.41) is 5.98. The Morgan fingerprint density at radius 3 is 2.69 bits per heavy atom. The fourth-order valence-corrected chi connectivity index (χ4v) is 4.43. The Balaban J connectivity index is 1.62. The summed E-state index contributed by atoms with van der Waals surface area (Å²) in [6, 6.07) is 7.06. The van der Waals surface area contributed by atoms with E-state index in [1.54, 1.807) is 23.5 Å². The SMILES string of the molecule is CC(=O)NCc1ccc(-c2nc(NC(=O)CN(C)C(=O)c3ccco3)sc2C)s1. The van der Waals surface area contributed by atoms with Crippen molar-refractivity contribution >= 4 is 45.5 Å². The number of amides is 3. The van der Waals surface area contributed by atoms with Crippen LogP contribution in [0.15, 0.2) is 34.9 Å².